The summed E-state index contributed by atoms with van der Waals surface area (Å²) in [5.74, 6) is -0.193. The lowest BCUT2D eigenvalue weighted by atomic mass is 9.97. The van der Waals surface area contributed by atoms with Crippen LogP contribution in [0.5, 0.6) is 0 Å². The van der Waals surface area contributed by atoms with Crippen LogP contribution in [0.2, 0.25) is 0 Å². The second-order valence-electron chi connectivity index (χ2n) is 7.63. The Balaban J connectivity index is 1.67. The number of nitrogens with zero attached hydrogens (tertiary/aromatic N) is 3. The molecule has 0 saturated heterocycles. The highest BCUT2D eigenvalue weighted by molar-refractivity contribution is 8.08. The zero-order chi connectivity index (χ0) is 23.2. The second-order valence-corrected chi connectivity index (χ2v) is 9.49. The summed E-state index contributed by atoms with van der Waals surface area (Å²) in [6, 6.07) is 18.0. The predicted octanol–water partition coefficient (Wildman–Crippen LogP) is 3.52. The fraction of sp³-hybridized carbons (Fsp3) is 0.0833. The van der Waals surface area contributed by atoms with Crippen molar-refractivity contribution in [1.82, 2.24) is 0 Å². The molecule has 0 spiro atoms. The summed E-state index contributed by atoms with van der Waals surface area (Å²) in [4.78, 5) is 33.3. The largest absolute Gasteiger partial charge is 0.399 e. The first kappa shape index (κ1) is 20.8. The summed E-state index contributed by atoms with van der Waals surface area (Å²) in [5, 5.41) is -0.391. The number of hydrogen-bond donors (Lipinski definition) is 1. The first-order valence-corrected chi connectivity index (χ1v) is 11.6. The van der Waals surface area contributed by atoms with Crippen LogP contribution in [0, 0.1) is 0 Å². The van der Waals surface area contributed by atoms with Gasteiger partial charge in [-0.3, -0.25) is 4.79 Å². The highest BCUT2D eigenvalue weighted by Crippen LogP contribution is 2.41. The first-order valence-electron chi connectivity index (χ1n) is 10.2. The van der Waals surface area contributed by atoms with Crippen molar-refractivity contribution < 1.29 is 18.0 Å². The number of fused-ring (bicyclic) bond motifs is 1. The average molecular weight is 458 g/mol. The maximum absolute atomic E-state index is 13.4. The Morgan fingerprint density at radius 1 is 0.970 bits per heavy atom. The number of hydrogen-bond acceptors (Lipinski definition) is 5. The topological polar surface area (TPSA) is 122 Å². The molecule has 3 aromatic carbocycles. The van der Waals surface area contributed by atoms with Crippen LogP contribution in [0.1, 0.15) is 15.9 Å². The van der Waals surface area contributed by atoms with Crippen LogP contribution in [-0.4, -0.2) is 38.2 Å². The maximum atomic E-state index is 13.4. The van der Waals surface area contributed by atoms with E-state index in [4.69, 9.17) is 5.73 Å². The molecule has 2 aliphatic rings. The molecule has 2 N–H and O–H groups in total. The first-order chi connectivity index (χ1) is 15.9. The van der Waals surface area contributed by atoms with Gasteiger partial charge in [0.2, 0.25) is 9.84 Å². The van der Waals surface area contributed by atoms with E-state index in [1.165, 1.54) is 6.07 Å². The molecule has 3 aromatic rings. The number of anilines is 2. The summed E-state index contributed by atoms with van der Waals surface area (Å²) >= 11 is 0. The summed E-state index contributed by atoms with van der Waals surface area (Å²) < 4.78 is 26.8. The fourth-order valence-corrected chi connectivity index (χ4v) is 5.48. The molecule has 2 heterocycles. The zero-order valence-electron chi connectivity index (χ0n) is 17.3. The number of amides is 3. The van der Waals surface area contributed by atoms with Gasteiger partial charge in [-0.25, -0.2) is 13.2 Å². The van der Waals surface area contributed by atoms with Crippen molar-refractivity contribution in [3.63, 3.8) is 0 Å². The quantitative estimate of drug-likeness (QED) is 0.602. The number of benzene rings is 3. The molecular formula is C24H18N4O4S. The molecule has 0 bridgehead atoms. The van der Waals surface area contributed by atoms with Gasteiger partial charge >= 0.3 is 6.03 Å². The van der Waals surface area contributed by atoms with E-state index in [1.54, 1.807) is 35.2 Å². The SMILES string of the molecule is Nc1ccc(C(=O)N2CCc3c2ccc(S(=O)(=O)C2=NC(=O)N=C2)c3-c2ccccc2)cc1. The Kier molecular flexibility index (Phi) is 4.90. The summed E-state index contributed by atoms with van der Waals surface area (Å²) in [7, 11) is -4.10. The van der Waals surface area contributed by atoms with Crippen molar-refractivity contribution in [2.45, 2.75) is 11.3 Å². The van der Waals surface area contributed by atoms with Gasteiger partial charge in [0.05, 0.1) is 11.1 Å². The third kappa shape index (κ3) is 3.52. The van der Waals surface area contributed by atoms with Gasteiger partial charge in [-0.2, -0.15) is 9.98 Å². The maximum Gasteiger partial charge on any atom is 0.368 e. The van der Waals surface area contributed by atoms with Crippen molar-refractivity contribution in [1.29, 1.82) is 0 Å². The van der Waals surface area contributed by atoms with Gasteiger partial charge < -0.3 is 10.6 Å². The fourth-order valence-electron chi connectivity index (χ4n) is 4.11. The Morgan fingerprint density at radius 2 is 1.70 bits per heavy atom. The molecular weight excluding hydrogens is 440 g/mol. The van der Waals surface area contributed by atoms with Crippen molar-refractivity contribution in [3.8, 4) is 11.1 Å². The van der Waals surface area contributed by atoms with E-state index >= 15 is 0 Å². The zero-order valence-corrected chi connectivity index (χ0v) is 18.1. The van der Waals surface area contributed by atoms with Gasteiger partial charge in [0.1, 0.15) is 0 Å². The van der Waals surface area contributed by atoms with Crippen molar-refractivity contribution >= 4 is 44.4 Å². The van der Waals surface area contributed by atoms with E-state index in [1.807, 2.05) is 30.3 Å². The van der Waals surface area contributed by atoms with Crippen molar-refractivity contribution in [3.05, 3.63) is 77.9 Å². The molecule has 0 aromatic heterocycles. The molecule has 0 unspecified atom stereocenters. The molecule has 0 saturated carbocycles. The van der Waals surface area contributed by atoms with E-state index in [9.17, 15) is 18.0 Å². The van der Waals surface area contributed by atoms with E-state index < -0.39 is 20.9 Å². The van der Waals surface area contributed by atoms with Gasteiger partial charge in [-0.05, 0) is 53.9 Å². The molecule has 5 rings (SSSR count). The van der Waals surface area contributed by atoms with Crippen LogP contribution in [-0.2, 0) is 16.3 Å². The Bertz CT molecular complexity index is 1460. The number of carbonyl (C=O) groups is 2. The molecule has 2 aliphatic heterocycles. The lowest BCUT2D eigenvalue weighted by molar-refractivity contribution is 0.0989. The number of nitrogens with two attached hydrogens (primary N) is 1. The predicted molar refractivity (Wildman–Crippen MR) is 127 cm³/mol. The van der Waals surface area contributed by atoms with E-state index in [0.29, 0.717) is 41.0 Å². The minimum Gasteiger partial charge on any atom is -0.399 e. The average Bonchev–Trinajstić information content (AvgIpc) is 3.46. The molecule has 9 heteroatoms. The summed E-state index contributed by atoms with van der Waals surface area (Å²) in [5.41, 5.74) is 9.37. The molecule has 3 amide bonds. The monoisotopic (exact) mass is 458 g/mol. The van der Waals surface area contributed by atoms with Crippen molar-refractivity contribution in [2.24, 2.45) is 9.98 Å². The molecule has 33 heavy (non-hydrogen) atoms. The minimum atomic E-state index is -4.10. The molecule has 0 fully saturated rings. The number of carbonyl (C=O) groups excluding carboxylic acids is 2. The molecule has 0 atom stereocenters. The number of sulfone groups is 1. The van der Waals surface area contributed by atoms with Gasteiger partial charge in [0, 0.05) is 29.0 Å². The van der Waals surface area contributed by atoms with Crippen molar-refractivity contribution in [2.75, 3.05) is 17.2 Å². The Morgan fingerprint density at radius 3 is 2.36 bits per heavy atom. The van der Waals surface area contributed by atoms with Gasteiger partial charge in [0.25, 0.3) is 5.91 Å². The highest BCUT2D eigenvalue weighted by Gasteiger charge is 2.34. The van der Waals surface area contributed by atoms with Crippen LogP contribution in [0.25, 0.3) is 11.1 Å². The van der Waals surface area contributed by atoms with E-state index in [-0.39, 0.29) is 10.8 Å². The number of nitrogen functional groups attached to an aromatic ring is 1. The standard InChI is InChI=1S/C24H18N4O4S/c25-17-8-6-16(7-9-17)23(29)28-13-12-18-19(28)10-11-20(22(18)15-4-2-1-3-5-15)33(31,32)21-14-26-24(30)27-21/h1-11,14H,12-13,25H2. The molecule has 8 nitrogen and oxygen atoms in total. The Hall–Kier alpha value is -4.11. The normalized spacial score (nSPS) is 15.0. The van der Waals surface area contributed by atoms with Gasteiger partial charge in [-0.1, -0.05) is 30.3 Å². The van der Waals surface area contributed by atoms with Gasteiger partial charge in [-0.15, -0.1) is 0 Å². The van der Waals surface area contributed by atoms with Gasteiger partial charge in [0.15, 0.2) is 5.04 Å². The second kappa shape index (κ2) is 7.79. The summed E-state index contributed by atoms with van der Waals surface area (Å²) in [6.07, 6.45) is 1.44. The Labute approximate surface area is 190 Å². The van der Waals surface area contributed by atoms with Crippen LogP contribution in [0.3, 0.4) is 0 Å². The number of urea groups is 1. The van der Waals surface area contributed by atoms with Crippen LogP contribution in [0.15, 0.2) is 81.6 Å². The minimum absolute atomic E-state index is 0.0223. The lowest BCUT2D eigenvalue weighted by Crippen LogP contribution is -2.28. The molecule has 0 radical (unpaired) electrons. The molecule has 164 valence electrons. The van der Waals surface area contributed by atoms with Crippen LogP contribution < -0.4 is 10.6 Å². The third-order valence-electron chi connectivity index (χ3n) is 5.65. The lowest BCUT2D eigenvalue weighted by Gasteiger charge is -2.20. The van der Waals surface area contributed by atoms with Crippen LogP contribution >= 0.6 is 0 Å². The number of rotatable bonds is 3. The highest BCUT2D eigenvalue weighted by atomic mass is 32.2. The smallest absolute Gasteiger partial charge is 0.368 e. The van der Waals surface area contributed by atoms with E-state index in [2.05, 4.69) is 9.98 Å². The molecule has 0 aliphatic carbocycles. The number of aliphatic imine (C=N–C) groups is 2. The third-order valence-corrected chi connectivity index (χ3v) is 7.31. The van der Waals surface area contributed by atoms with Crippen LogP contribution in [0.4, 0.5) is 16.2 Å². The summed E-state index contributed by atoms with van der Waals surface area (Å²) in [6.45, 7) is 0.406. The van der Waals surface area contributed by atoms with E-state index in [0.717, 1.165) is 11.8 Å².